The fourth-order valence-corrected chi connectivity index (χ4v) is 4.30. The minimum atomic E-state index is -3.72. The number of hydrogen-bond donors (Lipinski definition) is 2. The Bertz CT molecular complexity index is 768. The average molecular weight is 367 g/mol. The second kappa shape index (κ2) is 7.13. The molecule has 1 aliphatic heterocycles. The molecule has 7 nitrogen and oxygen atoms in total. The van der Waals surface area contributed by atoms with E-state index in [-0.39, 0.29) is 28.8 Å². The van der Waals surface area contributed by atoms with E-state index in [1.807, 2.05) is 0 Å². The molecule has 1 aromatic rings. The van der Waals surface area contributed by atoms with E-state index in [0.29, 0.717) is 19.4 Å². The van der Waals surface area contributed by atoms with E-state index in [4.69, 9.17) is 5.73 Å². The van der Waals surface area contributed by atoms with Gasteiger partial charge in [0.1, 0.15) is 0 Å². The summed E-state index contributed by atoms with van der Waals surface area (Å²) in [6.07, 6.45) is 1.37. The number of benzene rings is 1. The first kappa shape index (κ1) is 19.4. The van der Waals surface area contributed by atoms with E-state index < -0.39 is 21.5 Å². The number of carbonyl (C=O) groups is 2. The molecule has 0 aliphatic carbocycles. The highest BCUT2D eigenvalue weighted by atomic mass is 32.2. The molecule has 1 saturated heterocycles. The zero-order chi connectivity index (χ0) is 18.8. The Morgan fingerprint density at radius 2 is 1.96 bits per heavy atom. The van der Waals surface area contributed by atoms with E-state index in [0.717, 1.165) is 0 Å². The number of amides is 2. The molecule has 0 aromatic heterocycles. The summed E-state index contributed by atoms with van der Waals surface area (Å²) in [6.45, 7) is 6.04. The minimum Gasteiger partial charge on any atom is -0.369 e. The number of rotatable bonds is 4. The average Bonchev–Trinajstić information content (AvgIpc) is 2.52. The largest absolute Gasteiger partial charge is 0.369 e. The molecule has 138 valence electrons. The second-order valence-corrected chi connectivity index (χ2v) is 9.06. The van der Waals surface area contributed by atoms with Crippen LogP contribution in [-0.2, 0) is 14.8 Å². The molecule has 0 spiro atoms. The van der Waals surface area contributed by atoms with Crippen molar-refractivity contribution in [2.75, 3.05) is 13.1 Å². The predicted octanol–water partition coefficient (Wildman–Crippen LogP) is 1.10. The minimum absolute atomic E-state index is 0.0386. The predicted molar refractivity (Wildman–Crippen MR) is 94.3 cm³/mol. The summed E-state index contributed by atoms with van der Waals surface area (Å²) in [7, 11) is -3.72. The van der Waals surface area contributed by atoms with Crippen molar-refractivity contribution in [3.05, 3.63) is 29.8 Å². The molecular formula is C17H25N3O4S. The molecule has 8 heteroatoms. The van der Waals surface area contributed by atoms with Crippen molar-refractivity contribution >= 4 is 21.8 Å². The summed E-state index contributed by atoms with van der Waals surface area (Å²) in [5.74, 6) is -1.06. The molecule has 1 aromatic carbocycles. The number of nitrogens with two attached hydrogens (primary N) is 1. The van der Waals surface area contributed by atoms with Crippen LogP contribution < -0.4 is 10.5 Å². The lowest BCUT2D eigenvalue weighted by molar-refractivity contribution is -0.123. The van der Waals surface area contributed by atoms with E-state index in [1.165, 1.54) is 12.1 Å². The lowest BCUT2D eigenvalue weighted by atomic mass is 9.97. The van der Waals surface area contributed by atoms with Crippen molar-refractivity contribution in [1.29, 1.82) is 0 Å². The normalized spacial score (nSPS) is 18.8. The molecule has 25 heavy (non-hydrogen) atoms. The van der Waals surface area contributed by atoms with Crippen molar-refractivity contribution < 1.29 is 18.0 Å². The number of nitrogens with zero attached hydrogens (tertiary/aromatic N) is 1. The van der Waals surface area contributed by atoms with Gasteiger partial charge in [-0.3, -0.25) is 9.59 Å². The Kier molecular flexibility index (Phi) is 5.53. The third-order valence-corrected chi connectivity index (χ3v) is 5.70. The zero-order valence-electron chi connectivity index (χ0n) is 14.8. The van der Waals surface area contributed by atoms with Crippen LogP contribution in [0.1, 0.15) is 44.0 Å². The topological polar surface area (TPSA) is 110 Å². The number of sulfonamides is 1. The van der Waals surface area contributed by atoms with E-state index in [1.54, 1.807) is 37.8 Å². The number of nitrogens with one attached hydrogen (secondary N) is 1. The van der Waals surface area contributed by atoms with Gasteiger partial charge < -0.3 is 10.6 Å². The van der Waals surface area contributed by atoms with Crippen LogP contribution in [0.5, 0.6) is 0 Å². The Hall–Kier alpha value is -1.93. The Labute approximate surface area is 148 Å². The van der Waals surface area contributed by atoms with Gasteiger partial charge in [0.15, 0.2) is 0 Å². The van der Waals surface area contributed by atoms with Crippen molar-refractivity contribution in [2.45, 2.75) is 44.0 Å². The molecule has 1 heterocycles. The maximum atomic E-state index is 12.7. The SMILES string of the molecule is CC(C)(C)NS(=O)(=O)c1cccc(C(=O)N2CCC[C@H](C(N)=O)C2)c1. The van der Waals surface area contributed by atoms with Gasteiger partial charge in [-0.15, -0.1) is 0 Å². The molecule has 1 fully saturated rings. The third-order valence-electron chi connectivity index (χ3n) is 3.94. The van der Waals surface area contributed by atoms with Gasteiger partial charge in [-0.25, -0.2) is 13.1 Å². The molecule has 3 N–H and O–H groups in total. The first-order chi connectivity index (χ1) is 11.5. The van der Waals surface area contributed by atoms with Gasteiger partial charge in [0.2, 0.25) is 15.9 Å². The zero-order valence-corrected chi connectivity index (χ0v) is 15.6. The number of piperidine rings is 1. The third kappa shape index (κ3) is 5.02. The lowest BCUT2D eigenvalue weighted by Gasteiger charge is -2.31. The van der Waals surface area contributed by atoms with Gasteiger partial charge in [-0.2, -0.15) is 0 Å². The second-order valence-electron chi connectivity index (χ2n) is 7.38. The van der Waals surface area contributed by atoms with Crippen LogP contribution in [0.3, 0.4) is 0 Å². The summed E-state index contributed by atoms with van der Waals surface area (Å²) >= 11 is 0. The Morgan fingerprint density at radius 1 is 1.28 bits per heavy atom. The molecule has 0 unspecified atom stereocenters. The van der Waals surface area contributed by atoms with Gasteiger partial charge in [0, 0.05) is 24.2 Å². The highest BCUT2D eigenvalue weighted by Crippen LogP contribution is 2.20. The van der Waals surface area contributed by atoms with Gasteiger partial charge in [-0.05, 0) is 51.8 Å². The molecule has 0 radical (unpaired) electrons. The molecule has 0 bridgehead atoms. The summed E-state index contributed by atoms with van der Waals surface area (Å²) in [5.41, 5.74) is 5.00. The first-order valence-corrected chi connectivity index (χ1v) is 9.70. The van der Waals surface area contributed by atoms with E-state index >= 15 is 0 Å². The number of primary amides is 1. The maximum absolute atomic E-state index is 12.7. The van der Waals surface area contributed by atoms with Crippen LogP contribution in [0.25, 0.3) is 0 Å². The fourth-order valence-electron chi connectivity index (χ4n) is 2.83. The van der Waals surface area contributed by atoms with Crippen LogP contribution in [0, 0.1) is 5.92 Å². The van der Waals surface area contributed by atoms with Crippen molar-refractivity contribution in [1.82, 2.24) is 9.62 Å². The number of likely N-dealkylation sites (tertiary alicyclic amines) is 1. The Balaban J connectivity index is 2.23. The molecule has 0 saturated carbocycles. The summed E-state index contributed by atoms with van der Waals surface area (Å²) in [6, 6.07) is 5.93. The molecule has 1 atom stereocenters. The molecule has 2 amide bonds. The van der Waals surface area contributed by atoms with E-state index in [2.05, 4.69) is 4.72 Å². The molecule has 2 rings (SSSR count). The fraction of sp³-hybridized carbons (Fsp3) is 0.529. The summed E-state index contributed by atoms with van der Waals surface area (Å²) < 4.78 is 27.5. The van der Waals surface area contributed by atoms with Crippen LogP contribution in [0.4, 0.5) is 0 Å². The van der Waals surface area contributed by atoms with Crippen LogP contribution in [-0.4, -0.2) is 43.8 Å². The van der Waals surface area contributed by atoms with Gasteiger partial charge >= 0.3 is 0 Å². The maximum Gasteiger partial charge on any atom is 0.253 e. The van der Waals surface area contributed by atoms with Crippen LogP contribution >= 0.6 is 0 Å². The van der Waals surface area contributed by atoms with Crippen LogP contribution in [0.2, 0.25) is 0 Å². The molecular weight excluding hydrogens is 342 g/mol. The van der Waals surface area contributed by atoms with Gasteiger partial charge in [-0.1, -0.05) is 6.07 Å². The van der Waals surface area contributed by atoms with Crippen molar-refractivity contribution in [2.24, 2.45) is 11.7 Å². The summed E-state index contributed by atoms with van der Waals surface area (Å²) in [5, 5.41) is 0. The van der Waals surface area contributed by atoms with Crippen LogP contribution in [0.15, 0.2) is 29.2 Å². The molecule has 1 aliphatic rings. The number of carbonyl (C=O) groups excluding carboxylic acids is 2. The van der Waals surface area contributed by atoms with Crippen molar-refractivity contribution in [3.63, 3.8) is 0 Å². The summed E-state index contributed by atoms with van der Waals surface area (Å²) in [4.78, 5) is 25.7. The lowest BCUT2D eigenvalue weighted by Crippen LogP contribution is -2.44. The van der Waals surface area contributed by atoms with E-state index in [9.17, 15) is 18.0 Å². The highest BCUT2D eigenvalue weighted by molar-refractivity contribution is 7.89. The Morgan fingerprint density at radius 3 is 2.56 bits per heavy atom. The number of hydrogen-bond acceptors (Lipinski definition) is 4. The highest BCUT2D eigenvalue weighted by Gasteiger charge is 2.28. The standard InChI is InChI=1S/C17H25N3O4S/c1-17(2,3)19-25(23,24)14-8-4-6-12(10-14)16(22)20-9-5-7-13(11-20)15(18)21/h4,6,8,10,13,19H,5,7,9,11H2,1-3H3,(H2,18,21)/t13-/m0/s1. The quantitative estimate of drug-likeness (QED) is 0.830. The first-order valence-electron chi connectivity index (χ1n) is 8.22. The van der Waals surface area contributed by atoms with Gasteiger partial charge in [0.25, 0.3) is 5.91 Å². The monoisotopic (exact) mass is 367 g/mol. The smallest absolute Gasteiger partial charge is 0.253 e. The van der Waals surface area contributed by atoms with Crippen molar-refractivity contribution in [3.8, 4) is 0 Å². The van der Waals surface area contributed by atoms with Gasteiger partial charge in [0.05, 0.1) is 10.8 Å².